The van der Waals surface area contributed by atoms with Crippen molar-refractivity contribution in [1.29, 1.82) is 0 Å². The van der Waals surface area contributed by atoms with Crippen molar-refractivity contribution in [3.05, 3.63) is 35.4 Å². The number of ether oxygens (including phenoxy) is 1. The fourth-order valence-electron chi connectivity index (χ4n) is 2.31. The predicted molar refractivity (Wildman–Crippen MR) is 70.4 cm³/mol. The lowest BCUT2D eigenvalue weighted by molar-refractivity contribution is -0.138. The highest BCUT2D eigenvalue weighted by Gasteiger charge is 2.32. The first kappa shape index (κ1) is 15.3. The molecule has 3 nitrogen and oxygen atoms in total. The molecule has 0 radical (unpaired) electrons. The normalized spacial score (nSPS) is 21.1. The van der Waals surface area contributed by atoms with E-state index in [1.54, 1.807) is 6.07 Å². The van der Waals surface area contributed by atoms with Gasteiger partial charge in [-0.2, -0.15) is 13.2 Å². The van der Waals surface area contributed by atoms with Crippen LogP contribution >= 0.6 is 0 Å². The quantitative estimate of drug-likeness (QED) is 0.918. The van der Waals surface area contributed by atoms with Gasteiger partial charge in [0.25, 0.3) is 0 Å². The minimum atomic E-state index is -4.31. The van der Waals surface area contributed by atoms with Crippen molar-refractivity contribution in [1.82, 2.24) is 10.2 Å². The molecule has 1 aromatic carbocycles. The average Bonchev–Trinajstić information content (AvgIpc) is 2.38. The molecule has 0 saturated carbocycles. The van der Waals surface area contributed by atoms with Gasteiger partial charge in [-0.15, -0.1) is 0 Å². The molecule has 1 heterocycles. The van der Waals surface area contributed by atoms with Gasteiger partial charge in [0, 0.05) is 26.2 Å². The molecule has 0 aliphatic carbocycles. The van der Waals surface area contributed by atoms with Gasteiger partial charge in [-0.25, -0.2) is 0 Å². The Hall–Kier alpha value is -1.11. The number of nitrogens with zero attached hydrogens (tertiary/aromatic N) is 1. The molecule has 1 saturated heterocycles. The summed E-state index contributed by atoms with van der Waals surface area (Å²) in [6.45, 7) is 3.11. The second-order valence-corrected chi connectivity index (χ2v) is 5.04. The van der Waals surface area contributed by atoms with E-state index in [-0.39, 0.29) is 18.2 Å². The highest BCUT2D eigenvalue weighted by Crippen LogP contribution is 2.31. The zero-order chi connectivity index (χ0) is 14.6. The number of hydrogen-bond donors (Lipinski definition) is 1. The Morgan fingerprint density at radius 1 is 1.35 bits per heavy atom. The number of likely N-dealkylation sites (N-methyl/N-ethyl adjacent to an activating group) is 1. The lowest BCUT2D eigenvalue weighted by Gasteiger charge is -2.30. The van der Waals surface area contributed by atoms with Gasteiger partial charge in [-0.1, -0.05) is 18.2 Å². The molecule has 0 amide bonds. The van der Waals surface area contributed by atoms with Crippen molar-refractivity contribution < 1.29 is 17.9 Å². The van der Waals surface area contributed by atoms with E-state index in [4.69, 9.17) is 4.74 Å². The molecular formula is C14H19F3N2O. The number of morpholine rings is 1. The summed E-state index contributed by atoms with van der Waals surface area (Å²) < 4.78 is 44.0. The van der Waals surface area contributed by atoms with Crippen LogP contribution in [0.15, 0.2) is 24.3 Å². The van der Waals surface area contributed by atoms with Crippen molar-refractivity contribution >= 4 is 0 Å². The lowest BCUT2D eigenvalue weighted by atomic mass is 10.1. The van der Waals surface area contributed by atoms with E-state index in [0.29, 0.717) is 13.2 Å². The molecule has 112 valence electrons. The first-order chi connectivity index (χ1) is 9.47. The van der Waals surface area contributed by atoms with Gasteiger partial charge < -0.3 is 15.0 Å². The lowest BCUT2D eigenvalue weighted by Crippen LogP contribution is -2.44. The van der Waals surface area contributed by atoms with Crippen LogP contribution in [0.5, 0.6) is 0 Å². The van der Waals surface area contributed by atoms with Gasteiger partial charge in [0.15, 0.2) is 0 Å². The monoisotopic (exact) mass is 288 g/mol. The van der Waals surface area contributed by atoms with Crippen LogP contribution in [0.25, 0.3) is 0 Å². The molecule has 0 spiro atoms. The summed E-state index contributed by atoms with van der Waals surface area (Å²) >= 11 is 0. The summed E-state index contributed by atoms with van der Waals surface area (Å²) in [5.41, 5.74) is -0.307. The van der Waals surface area contributed by atoms with Gasteiger partial charge in [-0.05, 0) is 18.7 Å². The fourth-order valence-corrected chi connectivity index (χ4v) is 2.31. The number of benzene rings is 1. The maximum Gasteiger partial charge on any atom is 0.416 e. The van der Waals surface area contributed by atoms with Gasteiger partial charge in [0.2, 0.25) is 0 Å². The number of rotatable bonds is 4. The first-order valence-electron chi connectivity index (χ1n) is 6.63. The van der Waals surface area contributed by atoms with E-state index in [1.165, 1.54) is 12.1 Å². The van der Waals surface area contributed by atoms with Crippen LogP contribution in [0.3, 0.4) is 0 Å². The van der Waals surface area contributed by atoms with Crippen LogP contribution in [-0.2, 0) is 17.5 Å². The molecule has 2 rings (SSSR count). The summed E-state index contributed by atoms with van der Waals surface area (Å²) in [6, 6.07) is 5.65. The molecule has 1 aliphatic heterocycles. The summed E-state index contributed by atoms with van der Waals surface area (Å²) in [6.07, 6.45) is -4.27. The van der Waals surface area contributed by atoms with Gasteiger partial charge >= 0.3 is 6.18 Å². The Morgan fingerprint density at radius 3 is 2.80 bits per heavy atom. The van der Waals surface area contributed by atoms with Crippen molar-refractivity contribution in [2.75, 3.05) is 33.3 Å². The Kier molecular flexibility index (Phi) is 5.01. The zero-order valence-electron chi connectivity index (χ0n) is 11.4. The second-order valence-electron chi connectivity index (χ2n) is 5.04. The first-order valence-corrected chi connectivity index (χ1v) is 6.63. The minimum absolute atomic E-state index is 0.0341. The van der Waals surface area contributed by atoms with Gasteiger partial charge in [0.05, 0.1) is 18.3 Å². The van der Waals surface area contributed by atoms with Crippen LogP contribution in [0.2, 0.25) is 0 Å². The van der Waals surface area contributed by atoms with Crippen LogP contribution in [0.1, 0.15) is 11.1 Å². The maximum absolute atomic E-state index is 12.8. The number of hydrogen-bond acceptors (Lipinski definition) is 3. The Labute approximate surface area is 116 Å². The second kappa shape index (κ2) is 6.56. The summed E-state index contributed by atoms with van der Waals surface area (Å²) in [4.78, 5) is 2.15. The molecule has 1 fully saturated rings. The van der Waals surface area contributed by atoms with Crippen molar-refractivity contribution in [3.8, 4) is 0 Å². The third-order valence-corrected chi connectivity index (χ3v) is 3.35. The Morgan fingerprint density at radius 2 is 2.10 bits per heavy atom. The highest BCUT2D eigenvalue weighted by atomic mass is 19.4. The van der Waals surface area contributed by atoms with Crippen LogP contribution in [-0.4, -0.2) is 44.3 Å². The van der Waals surface area contributed by atoms with Crippen LogP contribution in [0, 0.1) is 0 Å². The van der Waals surface area contributed by atoms with Crippen molar-refractivity contribution in [2.45, 2.75) is 18.8 Å². The van der Waals surface area contributed by atoms with Gasteiger partial charge in [0.1, 0.15) is 0 Å². The fraction of sp³-hybridized carbons (Fsp3) is 0.571. The molecule has 0 aromatic heterocycles. The number of nitrogens with one attached hydrogen (secondary N) is 1. The molecule has 0 bridgehead atoms. The number of halogens is 3. The standard InChI is InChI=1S/C14H19F3N2O/c1-19-6-7-20-12(10-19)9-18-8-11-4-2-3-5-13(11)14(15,16)17/h2-5,12,18H,6-10H2,1H3. The molecule has 1 N–H and O–H groups in total. The highest BCUT2D eigenvalue weighted by molar-refractivity contribution is 5.29. The number of alkyl halides is 3. The zero-order valence-corrected chi connectivity index (χ0v) is 11.4. The van der Waals surface area contributed by atoms with Crippen LogP contribution in [0.4, 0.5) is 13.2 Å². The minimum Gasteiger partial charge on any atom is -0.374 e. The van der Waals surface area contributed by atoms with E-state index in [1.807, 2.05) is 7.05 Å². The predicted octanol–water partition coefficient (Wildman–Crippen LogP) is 2.13. The van der Waals surface area contributed by atoms with E-state index >= 15 is 0 Å². The average molecular weight is 288 g/mol. The topological polar surface area (TPSA) is 24.5 Å². The summed E-state index contributed by atoms with van der Waals surface area (Å²) in [5, 5.41) is 3.05. The Bertz CT molecular complexity index is 437. The van der Waals surface area contributed by atoms with Crippen molar-refractivity contribution in [2.24, 2.45) is 0 Å². The summed E-state index contributed by atoms with van der Waals surface area (Å²) in [5.74, 6) is 0. The molecule has 1 unspecified atom stereocenters. The third kappa shape index (κ3) is 4.19. The Balaban J connectivity index is 1.88. The molecular weight excluding hydrogens is 269 g/mol. The molecule has 20 heavy (non-hydrogen) atoms. The van der Waals surface area contributed by atoms with E-state index < -0.39 is 11.7 Å². The van der Waals surface area contributed by atoms with E-state index in [9.17, 15) is 13.2 Å². The third-order valence-electron chi connectivity index (χ3n) is 3.35. The van der Waals surface area contributed by atoms with E-state index in [0.717, 1.165) is 19.2 Å². The van der Waals surface area contributed by atoms with E-state index in [2.05, 4.69) is 10.2 Å². The summed E-state index contributed by atoms with van der Waals surface area (Å²) in [7, 11) is 2.01. The largest absolute Gasteiger partial charge is 0.416 e. The molecule has 6 heteroatoms. The van der Waals surface area contributed by atoms with Crippen molar-refractivity contribution in [3.63, 3.8) is 0 Å². The molecule has 1 atom stereocenters. The molecule has 1 aromatic rings. The molecule has 1 aliphatic rings. The SMILES string of the molecule is CN1CCOC(CNCc2ccccc2C(F)(F)F)C1. The smallest absolute Gasteiger partial charge is 0.374 e. The van der Waals surface area contributed by atoms with Gasteiger partial charge in [-0.3, -0.25) is 0 Å². The van der Waals surface area contributed by atoms with Crippen LogP contribution < -0.4 is 5.32 Å². The maximum atomic E-state index is 12.8.